The fraction of sp³-hybridized carbons (Fsp3) is 0.529. The average molecular weight is 341 g/mol. The van der Waals surface area contributed by atoms with Gasteiger partial charge in [0.15, 0.2) is 0 Å². The molecule has 2 saturated heterocycles. The fourth-order valence-corrected chi connectivity index (χ4v) is 3.96. The molecule has 2 aromatic rings. The molecule has 1 N–H and O–H groups in total. The molecule has 25 heavy (non-hydrogen) atoms. The van der Waals surface area contributed by atoms with E-state index >= 15 is 0 Å². The lowest BCUT2D eigenvalue weighted by Gasteiger charge is -2.26. The van der Waals surface area contributed by atoms with E-state index in [1.54, 1.807) is 11.0 Å². The summed E-state index contributed by atoms with van der Waals surface area (Å²) in [6, 6.07) is 6.85. The number of urea groups is 1. The number of hydrogen-bond donors (Lipinski definition) is 1. The molecule has 4 rings (SSSR count). The van der Waals surface area contributed by atoms with E-state index in [2.05, 4.69) is 32.8 Å². The number of amides is 2. The largest absolute Gasteiger partial charge is 0.323 e. The summed E-state index contributed by atoms with van der Waals surface area (Å²) in [6.45, 7) is 3.60. The first-order valence-corrected chi connectivity index (χ1v) is 8.73. The molecule has 0 spiro atoms. The van der Waals surface area contributed by atoms with Crippen molar-refractivity contribution in [3.63, 3.8) is 0 Å². The van der Waals surface area contributed by atoms with E-state index in [0.717, 1.165) is 36.4 Å². The van der Waals surface area contributed by atoms with Crippen molar-refractivity contribution < 1.29 is 4.79 Å². The number of carbonyl (C=O) groups excluding carboxylic acids is 1. The number of fused-ring (bicyclic) bond motifs is 2. The number of nitrogens with zero attached hydrogens (tertiary/aromatic N) is 6. The molecular weight excluding hydrogens is 318 g/mol. The van der Waals surface area contributed by atoms with Crippen LogP contribution in [0.5, 0.6) is 0 Å². The topological polar surface area (TPSA) is 79.2 Å². The highest BCUT2D eigenvalue weighted by Crippen LogP contribution is 2.28. The van der Waals surface area contributed by atoms with Gasteiger partial charge in [0.2, 0.25) is 0 Å². The van der Waals surface area contributed by atoms with Gasteiger partial charge in [0.25, 0.3) is 0 Å². The van der Waals surface area contributed by atoms with Crippen molar-refractivity contribution >= 4 is 11.7 Å². The predicted octanol–water partition coefficient (Wildman–Crippen LogP) is 1.67. The van der Waals surface area contributed by atoms with Gasteiger partial charge in [-0.25, -0.2) is 9.48 Å². The lowest BCUT2D eigenvalue weighted by atomic mass is 10.1. The highest BCUT2D eigenvalue weighted by atomic mass is 16.2. The fourth-order valence-electron chi connectivity index (χ4n) is 3.96. The molecule has 2 atom stereocenters. The molecular formula is C17H23N7O. The Morgan fingerprint density at radius 1 is 1.24 bits per heavy atom. The maximum atomic E-state index is 12.7. The summed E-state index contributed by atoms with van der Waals surface area (Å²) in [5.41, 5.74) is 2.69. The predicted molar refractivity (Wildman–Crippen MR) is 93.7 cm³/mol. The van der Waals surface area contributed by atoms with Crippen molar-refractivity contribution in [2.45, 2.75) is 38.3 Å². The van der Waals surface area contributed by atoms with Crippen LogP contribution in [0.3, 0.4) is 0 Å². The zero-order valence-electron chi connectivity index (χ0n) is 14.6. The Morgan fingerprint density at radius 2 is 2.08 bits per heavy atom. The summed E-state index contributed by atoms with van der Waals surface area (Å²) in [4.78, 5) is 17.1. The summed E-state index contributed by atoms with van der Waals surface area (Å²) >= 11 is 0. The van der Waals surface area contributed by atoms with Gasteiger partial charge >= 0.3 is 6.03 Å². The van der Waals surface area contributed by atoms with Crippen molar-refractivity contribution in [1.82, 2.24) is 30.0 Å². The molecule has 8 nitrogen and oxygen atoms in total. The minimum absolute atomic E-state index is 0.0180. The molecule has 2 fully saturated rings. The van der Waals surface area contributed by atoms with Crippen molar-refractivity contribution in [1.29, 1.82) is 0 Å². The van der Waals surface area contributed by atoms with Gasteiger partial charge < -0.3 is 10.2 Å². The lowest BCUT2D eigenvalue weighted by Crippen LogP contribution is -2.41. The molecule has 3 heterocycles. The molecule has 2 aliphatic rings. The Hall–Kier alpha value is -2.48. The van der Waals surface area contributed by atoms with E-state index in [9.17, 15) is 4.79 Å². The summed E-state index contributed by atoms with van der Waals surface area (Å²) in [5.74, 6) is 0. The molecule has 1 aromatic carbocycles. The van der Waals surface area contributed by atoms with Crippen LogP contribution in [0.25, 0.3) is 5.69 Å². The molecule has 2 aliphatic heterocycles. The number of hydrogen-bond acceptors (Lipinski definition) is 5. The van der Waals surface area contributed by atoms with Crippen LogP contribution in [0, 0.1) is 6.92 Å². The molecule has 0 radical (unpaired) electrons. The van der Waals surface area contributed by atoms with E-state index in [-0.39, 0.29) is 6.03 Å². The van der Waals surface area contributed by atoms with Crippen LogP contribution in [-0.4, -0.2) is 68.3 Å². The van der Waals surface area contributed by atoms with E-state index in [4.69, 9.17) is 0 Å². The Balaban J connectivity index is 1.45. The minimum Gasteiger partial charge on any atom is -0.323 e. The van der Waals surface area contributed by atoms with Crippen LogP contribution in [0.2, 0.25) is 0 Å². The molecule has 2 bridgehead atoms. The van der Waals surface area contributed by atoms with Gasteiger partial charge in [0.1, 0.15) is 6.33 Å². The highest BCUT2D eigenvalue weighted by molar-refractivity contribution is 5.89. The second-order valence-corrected chi connectivity index (χ2v) is 6.97. The standard InChI is InChI=1S/C17H23N7O/c1-12-9-13(3-6-16(12)24-11-18-20-21-24)19-17(25)23-8-7-14-4-5-15(10-23)22(14)2/h3,6,9,11,14-15H,4-5,7-8,10H2,1-2H3,(H,19,25)/t14-,15+/m1/s1. The van der Waals surface area contributed by atoms with Crippen molar-refractivity contribution in [3.8, 4) is 5.69 Å². The Kier molecular flexibility index (Phi) is 4.12. The molecule has 1 aromatic heterocycles. The van der Waals surface area contributed by atoms with Crippen molar-refractivity contribution in [3.05, 3.63) is 30.1 Å². The van der Waals surface area contributed by atoms with Crippen LogP contribution >= 0.6 is 0 Å². The third-order valence-corrected chi connectivity index (χ3v) is 5.48. The van der Waals surface area contributed by atoms with Crippen LogP contribution in [0.1, 0.15) is 24.8 Å². The normalized spacial score (nSPS) is 23.5. The molecule has 2 amide bonds. The van der Waals surface area contributed by atoms with Crippen LogP contribution < -0.4 is 5.32 Å². The van der Waals surface area contributed by atoms with Crippen molar-refractivity contribution in [2.75, 3.05) is 25.5 Å². The quantitative estimate of drug-likeness (QED) is 0.899. The maximum absolute atomic E-state index is 12.7. The molecule has 0 unspecified atom stereocenters. The lowest BCUT2D eigenvalue weighted by molar-refractivity contribution is 0.200. The molecule has 0 aliphatic carbocycles. The first-order chi connectivity index (χ1) is 12.1. The van der Waals surface area contributed by atoms with E-state index in [1.807, 2.05) is 30.0 Å². The number of tetrazole rings is 1. The molecule has 8 heteroatoms. The number of likely N-dealkylation sites (N-methyl/N-ethyl adjacent to an activating group) is 1. The third kappa shape index (κ3) is 3.09. The number of carbonyl (C=O) groups is 1. The first-order valence-electron chi connectivity index (χ1n) is 8.73. The van der Waals surface area contributed by atoms with Gasteiger partial charge in [0, 0.05) is 30.9 Å². The Bertz CT molecular complexity index is 760. The highest BCUT2D eigenvalue weighted by Gasteiger charge is 2.35. The Morgan fingerprint density at radius 3 is 2.84 bits per heavy atom. The Labute approximate surface area is 146 Å². The molecule has 0 saturated carbocycles. The second-order valence-electron chi connectivity index (χ2n) is 6.97. The van der Waals surface area contributed by atoms with Crippen molar-refractivity contribution in [2.24, 2.45) is 0 Å². The van der Waals surface area contributed by atoms with Gasteiger partial charge in [-0.1, -0.05) is 0 Å². The second kappa shape index (κ2) is 6.44. The first kappa shape index (κ1) is 16.0. The maximum Gasteiger partial charge on any atom is 0.321 e. The minimum atomic E-state index is -0.0180. The van der Waals surface area contributed by atoms with Gasteiger partial charge in [-0.15, -0.1) is 5.10 Å². The SMILES string of the molecule is Cc1cc(NC(=O)N2CC[C@H]3CC[C@@H](C2)N3C)ccc1-n1cnnn1. The zero-order valence-corrected chi connectivity index (χ0v) is 14.6. The van der Waals surface area contributed by atoms with Gasteiger partial charge in [-0.2, -0.15) is 0 Å². The number of nitrogens with one attached hydrogen (secondary N) is 1. The van der Waals surface area contributed by atoms with Gasteiger partial charge in [-0.05, 0) is 67.4 Å². The number of aryl methyl sites for hydroxylation is 1. The summed E-state index contributed by atoms with van der Waals surface area (Å²) in [7, 11) is 2.19. The average Bonchev–Trinajstić information content (AvgIpc) is 3.16. The monoisotopic (exact) mass is 341 g/mol. The number of anilines is 1. The smallest absolute Gasteiger partial charge is 0.321 e. The van der Waals surface area contributed by atoms with Crippen LogP contribution in [0.4, 0.5) is 10.5 Å². The van der Waals surface area contributed by atoms with Crippen LogP contribution in [0.15, 0.2) is 24.5 Å². The van der Waals surface area contributed by atoms with E-state index in [0.29, 0.717) is 12.1 Å². The summed E-state index contributed by atoms with van der Waals surface area (Å²) < 4.78 is 1.61. The van der Waals surface area contributed by atoms with Gasteiger partial charge in [-0.3, -0.25) is 4.90 Å². The molecule has 132 valence electrons. The summed E-state index contributed by atoms with van der Waals surface area (Å²) in [5, 5.41) is 14.3. The van der Waals surface area contributed by atoms with E-state index < -0.39 is 0 Å². The van der Waals surface area contributed by atoms with Crippen LogP contribution in [-0.2, 0) is 0 Å². The summed E-state index contributed by atoms with van der Waals surface area (Å²) in [6.07, 6.45) is 5.06. The van der Waals surface area contributed by atoms with Gasteiger partial charge in [0.05, 0.1) is 5.69 Å². The zero-order chi connectivity index (χ0) is 17.4. The third-order valence-electron chi connectivity index (χ3n) is 5.48. The number of rotatable bonds is 2. The number of benzene rings is 1. The van der Waals surface area contributed by atoms with E-state index in [1.165, 1.54) is 12.8 Å². The number of likely N-dealkylation sites (tertiary alicyclic amines) is 1. The number of aromatic nitrogens is 4.